The summed E-state index contributed by atoms with van der Waals surface area (Å²) in [4.78, 5) is 35.4. The van der Waals surface area contributed by atoms with E-state index >= 15 is 0 Å². The van der Waals surface area contributed by atoms with Crippen molar-refractivity contribution in [3.8, 4) is 0 Å². The van der Waals surface area contributed by atoms with E-state index in [9.17, 15) is 24.2 Å². The van der Waals surface area contributed by atoms with Crippen molar-refractivity contribution in [3.05, 3.63) is 48.6 Å². The zero-order chi connectivity index (χ0) is 42.3. The Morgan fingerprint density at radius 2 is 1.16 bits per heavy atom. The molecule has 0 aromatic heterocycles. The first kappa shape index (κ1) is 54.9. The van der Waals surface area contributed by atoms with Gasteiger partial charge in [0.15, 0.2) is 6.10 Å². The Morgan fingerprint density at radius 1 is 0.632 bits per heavy atom. The highest BCUT2D eigenvalue weighted by atomic mass is 31.2. The summed E-state index contributed by atoms with van der Waals surface area (Å²) >= 11 is 0. The fraction of sp³-hybridized carbons (Fsp3) is 0.783. The van der Waals surface area contributed by atoms with Crippen LogP contribution in [-0.4, -0.2) is 86.1 Å². The van der Waals surface area contributed by atoms with Crippen LogP contribution >= 0.6 is 7.82 Å². The van der Waals surface area contributed by atoms with Crippen LogP contribution in [0.5, 0.6) is 0 Å². The molecule has 0 amide bonds. The van der Waals surface area contributed by atoms with Crippen molar-refractivity contribution >= 4 is 19.8 Å². The number of allylic oxidation sites excluding steroid dienone is 7. The molecule has 0 radical (unpaired) electrons. The van der Waals surface area contributed by atoms with E-state index in [0.29, 0.717) is 30.3 Å². The van der Waals surface area contributed by atoms with Gasteiger partial charge in [0, 0.05) is 12.8 Å². The van der Waals surface area contributed by atoms with Crippen LogP contribution in [0.1, 0.15) is 174 Å². The maximum atomic E-state index is 12.7. The number of hydrogen-bond donors (Lipinski definition) is 2. The lowest BCUT2D eigenvalue weighted by Crippen LogP contribution is -2.37. The first-order valence-corrected chi connectivity index (χ1v) is 24.0. The minimum atomic E-state index is -4.43. The number of esters is 2. The molecule has 0 aromatic rings. The van der Waals surface area contributed by atoms with Gasteiger partial charge in [-0.1, -0.05) is 165 Å². The van der Waals surface area contributed by atoms with Crippen LogP contribution in [0.3, 0.4) is 0 Å². The topological polar surface area (TPSA) is 129 Å². The van der Waals surface area contributed by atoms with Crippen molar-refractivity contribution in [2.45, 2.75) is 187 Å². The van der Waals surface area contributed by atoms with Gasteiger partial charge in [0.05, 0.1) is 33.9 Å². The standard InChI is InChI=1S/C46H84NO9P/c1-6-8-10-12-14-16-18-20-21-23-25-27-29-31-33-37-45(49)53-41-44(42-55-57(51,52)54-40-39-47(3,4)5)56-46(50)38-34-36-43(48)35-32-30-28-26-24-22-19-17-15-13-11-9-7-2/h15,17,22,24,28,30,32,35,43-44,48H,6-14,16,18-21,23,25-27,29,31,33-34,36-42H2,1-5H3/p+1/b17-15+,24-22+,30-28+,35-32+. The van der Waals surface area contributed by atoms with Gasteiger partial charge >= 0.3 is 19.8 Å². The molecule has 3 unspecified atom stereocenters. The van der Waals surface area contributed by atoms with Crippen LogP contribution in [0.4, 0.5) is 0 Å². The van der Waals surface area contributed by atoms with Crippen molar-refractivity contribution in [2.24, 2.45) is 0 Å². The highest BCUT2D eigenvalue weighted by molar-refractivity contribution is 7.47. The molecule has 0 saturated heterocycles. The molecule has 0 fully saturated rings. The Hall–Kier alpha value is -2.07. The number of unbranched alkanes of at least 4 members (excludes halogenated alkanes) is 17. The fourth-order valence-electron chi connectivity index (χ4n) is 5.88. The Morgan fingerprint density at radius 3 is 1.75 bits per heavy atom. The molecule has 0 heterocycles. The number of phosphoric acid groups is 1. The first-order chi connectivity index (χ1) is 27.4. The second-order valence-corrected chi connectivity index (χ2v) is 17.7. The van der Waals surface area contributed by atoms with Crippen molar-refractivity contribution in [3.63, 3.8) is 0 Å². The zero-order valence-corrected chi connectivity index (χ0v) is 37.8. The lowest BCUT2D eigenvalue weighted by atomic mass is 10.0. The molecule has 0 aromatic carbocycles. The van der Waals surface area contributed by atoms with Gasteiger partial charge in [-0.25, -0.2) is 4.57 Å². The number of phosphoric ester groups is 1. The van der Waals surface area contributed by atoms with E-state index in [1.165, 1.54) is 96.3 Å². The highest BCUT2D eigenvalue weighted by Gasteiger charge is 2.27. The predicted molar refractivity (Wildman–Crippen MR) is 235 cm³/mol. The van der Waals surface area contributed by atoms with Crippen molar-refractivity contribution in [2.75, 3.05) is 47.5 Å². The number of carbonyl (C=O) groups is 2. The second-order valence-electron chi connectivity index (χ2n) is 16.3. The minimum Gasteiger partial charge on any atom is -0.462 e. The molecule has 0 aliphatic rings. The van der Waals surface area contributed by atoms with Gasteiger partial charge in [-0.05, 0) is 44.9 Å². The second kappa shape index (κ2) is 38.2. The molecule has 0 spiro atoms. The molecule has 0 rings (SSSR count). The van der Waals surface area contributed by atoms with E-state index < -0.39 is 38.6 Å². The Labute approximate surface area is 348 Å². The Balaban J connectivity index is 4.55. The van der Waals surface area contributed by atoms with Crippen molar-refractivity contribution in [1.29, 1.82) is 0 Å². The Bertz CT molecular complexity index is 1130. The number of hydrogen-bond acceptors (Lipinski definition) is 8. The average molecular weight is 827 g/mol. The molecule has 57 heavy (non-hydrogen) atoms. The van der Waals surface area contributed by atoms with E-state index in [2.05, 4.69) is 38.2 Å². The quantitative estimate of drug-likeness (QED) is 0.0155. The van der Waals surface area contributed by atoms with Crippen LogP contribution in [0.25, 0.3) is 0 Å². The summed E-state index contributed by atoms with van der Waals surface area (Å²) in [5.41, 5.74) is 0. The lowest BCUT2D eigenvalue weighted by molar-refractivity contribution is -0.870. The third-order valence-electron chi connectivity index (χ3n) is 9.47. The van der Waals surface area contributed by atoms with Crippen LogP contribution in [0.2, 0.25) is 0 Å². The number of likely N-dealkylation sites (N-methyl/N-ethyl adjacent to an activating group) is 1. The molecule has 0 aliphatic carbocycles. The minimum absolute atomic E-state index is 0.00326. The number of rotatable bonds is 40. The smallest absolute Gasteiger partial charge is 0.462 e. The largest absolute Gasteiger partial charge is 0.472 e. The number of aliphatic hydroxyl groups excluding tert-OH is 1. The summed E-state index contributed by atoms with van der Waals surface area (Å²) in [5.74, 6) is -0.998. The zero-order valence-electron chi connectivity index (χ0n) is 36.9. The van der Waals surface area contributed by atoms with E-state index in [-0.39, 0.29) is 26.1 Å². The summed E-state index contributed by atoms with van der Waals surface area (Å²) in [6.07, 6.45) is 40.4. The first-order valence-electron chi connectivity index (χ1n) is 22.5. The van der Waals surface area contributed by atoms with Crippen LogP contribution in [0.15, 0.2) is 48.6 Å². The molecule has 10 nitrogen and oxygen atoms in total. The number of nitrogens with zero attached hydrogens (tertiary/aromatic N) is 1. The third kappa shape index (κ3) is 41.9. The predicted octanol–water partition coefficient (Wildman–Crippen LogP) is 11.7. The fourth-order valence-corrected chi connectivity index (χ4v) is 6.62. The third-order valence-corrected chi connectivity index (χ3v) is 10.5. The molecule has 2 N–H and O–H groups in total. The number of ether oxygens (including phenoxy) is 2. The Kier molecular flexibility index (Phi) is 36.8. The molecular formula is C46H85NO9P+. The summed E-state index contributed by atoms with van der Waals surface area (Å²) in [5, 5.41) is 10.3. The van der Waals surface area contributed by atoms with Gasteiger partial charge in [-0.3, -0.25) is 18.6 Å². The molecule has 3 atom stereocenters. The van der Waals surface area contributed by atoms with Crippen molar-refractivity contribution in [1.82, 2.24) is 0 Å². The maximum absolute atomic E-state index is 12.7. The summed E-state index contributed by atoms with van der Waals surface area (Å²) in [7, 11) is 1.36. The number of aliphatic hydroxyl groups is 1. The molecule has 11 heteroatoms. The molecule has 0 aliphatic heterocycles. The van der Waals surface area contributed by atoms with Gasteiger partial charge in [0.1, 0.15) is 19.8 Å². The van der Waals surface area contributed by atoms with Gasteiger partial charge in [0.2, 0.25) is 0 Å². The van der Waals surface area contributed by atoms with Gasteiger partial charge < -0.3 is 24.0 Å². The van der Waals surface area contributed by atoms with Gasteiger partial charge in [0.25, 0.3) is 0 Å². The van der Waals surface area contributed by atoms with E-state index in [4.69, 9.17) is 18.5 Å². The maximum Gasteiger partial charge on any atom is 0.472 e. The molecular weight excluding hydrogens is 741 g/mol. The molecule has 332 valence electrons. The molecule has 0 saturated carbocycles. The summed E-state index contributed by atoms with van der Waals surface area (Å²) in [6, 6.07) is 0. The van der Waals surface area contributed by atoms with Gasteiger partial charge in [-0.2, -0.15) is 0 Å². The van der Waals surface area contributed by atoms with Gasteiger partial charge in [-0.15, -0.1) is 0 Å². The van der Waals surface area contributed by atoms with E-state index in [0.717, 1.165) is 32.1 Å². The number of carbonyl (C=O) groups excluding carboxylic acids is 2. The average Bonchev–Trinajstić information content (AvgIpc) is 3.15. The monoisotopic (exact) mass is 827 g/mol. The van der Waals surface area contributed by atoms with E-state index in [1.54, 1.807) is 12.2 Å². The van der Waals surface area contributed by atoms with Crippen LogP contribution in [0, 0.1) is 0 Å². The summed E-state index contributed by atoms with van der Waals surface area (Å²) < 4.78 is 34.1. The molecule has 0 bridgehead atoms. The SMILES string of the molecule is CCCCC/C=C/C/C=C/C/C=C/C=C/C(O)CCCC(=O)OC(COC(=O)CCCCCCCCCCCCCCCCC)COP(=O)(O)OCC[N+](C)(C)C. The lowest BCUT2D eigenvalue weighted by Gasteiger charge is -2.24. The normalized spacial score (nSPS) is 14.6. The number of quaternary nitrogens is 1. The van der Waals surface area contributed by atoms with Crippen LogP contribution < -0.4 is 0 Å². The van der Waals surface area contributed by atoms with Crippen LogP contribution in [-0.2, 0) is 32.7 Å². The van der Waals surface area contributed by atoms with E-state index in [1.807, 2.05) is 33.3 Å². The summed E-state index contributed by atoms with van der Waals surface area (Å²) in [6.45, 7) is 4.17. The highest BCUT2D eigenvalue weighted by Crippen LogP contribution is 2.43. The van der Waals surface area contributed by atoms with Crippen molar-refractivity contribution < 1.29 is 47.2 Å².